The zero-order valence-corrected chi connectivity index (χ0v) is 13.9. The van der Waals surface area contributed by atoms with Gasteiger partial charge in [-0.2, -0.15) is 0 Å². The second kappa shape index (κ2) is 6.78. The van der Waals surface area contributed by atoms with Crippen molar-refractivity contribution in [3.63, 3.8) is 0 Å². The number of rotatable bonds is 4. The second-order valence-electron chi connectivity index (χ2n) is 5.23. The smallest absolute Gasteiger partial charge is 0.315 e. The highest BCUT2D eigenvalue weighted by atomic mass is 35.5. The lowest BCUT2D eigenvalue weighted by Crippen LogP contribution is -1.93. The van der Waals surface area contributed by atoms with Crippen molar-refractivity contribution in [2.24, 2.45) is 0 Å². The Bertz CT molecular complexity index is 1000. The van der Waals surface area contributed by atoms with Gasteiger partial charge in [0, 0.05) is 11.5 Å². The number of nitrogens with zero attached hydrogens (tertiary/aromatic N) is 2. The van der Waals surface area contributed by atoms with Gasteiger partial charge >= 0.3 is 5.69 Å². The highest BCUT2D eigenvalue weighted by molar-refractivity contribution is 6.51. The van der Waals surface area contributed by atoms with E-state index in [0.717, 1.165) is 10.9 Å². The number of benzene rings is 2. The molecule has 0 aliphatic heterocycles. The molecule has 0 amide bonds. The number of hydrogen-bond acceptors (Lipinski definition) is 5. The van der Waals surface area contributed by atoms with Crippen LogP contribution in [0.2, 0.25) is 0 Å². The van der Waals surface area contributed by atoms with Crippen molar-refractivity contribution in [1.82, 2.24) is 4.98 Å². The summed E-state index contributed by atoms with van der Waals surface area (Å²) >= 11 is 6.33. The number of aromatic nitrogens is 1. The lowest BCUT2D eigenvalue weighted by molar-refractivity contribution is -0.386. The number of ether oxygens (including phenoxy) is 1. The average Bonchev–Trinajstić information content (AvgIpc) is 2.62. The molecule has 0 aliphatic carbocycles. The van der Waals surface area contributed by atoms with Gasteiger partial charge < -0.3 is 9.84 Å². The van der Waals surface area contributed by atoms with Gasteiger partial charge in [-0.25, -0.2) is 4.98 Å². The van der Waals surface area contributed by atoms with Crippen LogP contribution < -0.4 is 4.74 Å². The summed E-state index contributed by atoms with van der Waals surface area (Å²) in [7, 11) is 1.32. The van der Waals surface area contributed by atoms with Crippen LogP contribution in [0.3, 0.4) is 0 Å². The Labute approximate surface area is 148 Å². The van der Waals surface area contributed by atoms with Crippen LogP contribution in [0.15, 0.2) is 48.5 Å². The fourth-order valence-electron chi connectivity index (χ4n) is 2.41. The van der Waals surface area contributed by atoms with E-state index < -0.39 is 16.4 Å². The number of nitro groups is 1. The first-order valence-electron chi connectivity index (χ1n) is 7.28. The Balaban J connectivity index is 2.06. The van der Waals surface area contributed by atoms with Crippen LogP contribution in [0.4, 0.5) is 5.69 Å². The SMILES string of the molecule is COc1cc(/C=C(\Cl)c2ccc3ccccc3n2)cc([N+](=O)[O-])c1O. The molecule has 7 heteroatoms. The molecule has 0 unspecified atom stereocenters. The molecule has 0 saturated heterocycles. The summed E-state index contributed by atoms with van der Waals surface area (Å²) < 4.78 is 4.98. The summed E-state index contributed by atoms with van der Waals surface area (Å²) in [6.45, 7) is 0. The molecule has 0 atom stereocenters. The highest BCUT2D eigenvalue weighted by Gasteiger charge is 2.19. The van der Waals surface area contributed by atoms with Crippen LogP contribution in [0.25, 0.3) is 22.0 Å². The normalized spacial score (nSPS) is 11.5. The van der Waals surface area contributed by atoms with Crippen LogP contribution in [-0.2, 0) is 0 Å². The van der Waals surface area contributed by atoms with Crippen molar-refractivity contribution in [1.29, 1.82) is 0 Å². The monoisotopic (exact) mass is 356 g/mol. The number of halogens is 1. The van der Waals surface area contributed by atoms with E-state index in [2.05, 4.69) is 4.98 Å². The van der Waals surface area contributed by atoms with Crippen molar-refractivity contribution in [2.45, 2.75) is 0 Å². The Morgan fingerprint density at radius 2 is 2.04 bits per heavy atom. The molecule has 1 N–H and O–H groups in total. The minimum Gasteiger partial charge on any atom is -0.500 e. The van der Waals surface area contributed by atoms with E-state index in [4.69, 9.17) is 16.3 Å². The Hall–Kier alpha value is -3.12. The van der Waals surface area contributed by atoms with Crippen LogP contribution in [0.5, 0.6) is 11.5 Å². The molecular formula is C18H13ClN2O4. The molecule has 3 rings (SSSR count). The van der Waals surface area contributed by atoms with Gasteiger partial charge in [0.05, 0.1) is 28.3 Å². The maximum absolute atomic E-state index is 11.1. The summed E-state index contributed by atoms with van der Waals surface area (Å²) in [6, 6.07) is 14.0. The molecule has 1 aromatic heterocycles. The average molecular weight is 357 g/mol. The number of nitro benzene ring substituents is 1. The largest absolute Gasteiger partial charge is 0.500 e. The van der Waals surface area contributed by atoms with Crippen molar-refractivity contribution in [2.75, 3.05) is 7.11 Å². The van der Waals surface area contributed by atoms with Gasteiger partial charge in [0.2, 0.25) is 5.75 Å². The number of phenols is 1. The van der Waals surface area contributed by atoms with Gasteiger partial charge in [0.15, 0.2) is 5.75 Å². The zero-order chi connectivity index (χ0) is 18.0. The first kappa shape index (κ1) is 16.7. The molecule has 2 aromatic carbocycles. The van der Waals surface area contributed by atoms with E-state index in [1.807, 2.05) is 30.3 Å². The summed E-state index contributed by atoms with van der Waals surface area (Å²) in [5.41, 5.74) is 1.29. The fraction of sp³-hybridized carbons (Fsp3) is 0.0556. The Kier molecular flexibility index (Phi) is 4.54. The number of hydrogen-bond donors (Lipinski definition) is 1. The standard InChI is InChI=1S/C18H13ClN2O4/c1-25-17-10-11(9-16(18(17)22)21(23)24)8-13(19)15-7-6-12-4-2-3-5-14(12)20-15/h2-10,22H,1H3/b13-8-. The third-order valence-corrected chi connectivity index (χ3v) is 3.93. The van der Waals surface area contributed by atoms with Crippen molar-refractivity contribution in [3.05, 3.63) is 69.9 Å². The third kappa shape index (κ3) is 3.39. The van der Waals surface area contributed by atoms with Gasteiger partial charge in [-0.1, -0.05) is 35.9 Å². The number of fused-ring (bicyclic) bond motifs is 1. The molecule has 1 heterocycles. The first-order chi connectivity index (χ1) is 12.0. The van der Waals surface area contributed by atoms with Gasteiger partial charge in [0.25, 0.3) is 0 Å². The summed E-state index contributed by atoms with van der Waals surface area (Å²) in [4.78, 5) is 14.9. The molecule has 0 radical (unpaired) electrons. The van der Waals surface area contributed by atoms with Gasteiger partial charge in [0.1, 0.15) is 0 Å². The van der Waals surface area contributed by atoms with Gasteiger partial charge in [-0.15, -0.1) is 0 Å². The number of phenolic OH excluding ortho intramolecular Hbond substituents is 1. The molecule has 0 spiro atoms. The van der Waals surface area contributed by atoms with E-state index in [1.165, 1.54) is 25.3 Å². The topological polar surface area (TPSA) is 85.5 Å². The van der Waals surface area contributed by atoms with E-state index in [-0.39, 0.29) is 5.75 Å². The van der Waals surface area contributed by atoms with Crippen molar-refractivity contribution >= 4 is 39.3 Å². The predicted molar refractivity (Wildman–Crippen MR) is 96.8 cm³/mol. The lowest BCUT2D eigenvalue weighted by Gasteiger charge is -2.06. The summed E-state index contributed by atoms with van der Waals surface area (Å²) in [6.07, 6.45) is 1.54. The van der Waals surface area contributed by atoms with E-state index >= 15 is 0 Å². The number of methoxy groups -OCH3 is 1. The van der Waals surface area contributed by atoms with Crippen LogP contribution in [0, 0.1) is 10.1 Å². The number of aromatic hydroxyl groups is 1. The van der Waals surface area contributed by atoms with Crippen LogP contribution >= 0.6 is 11.6 Å². The summed E-state index contributed by atoms with van der Waals surface area (Å²) in [5.74, 6) is -0.527. The van der Waals surface area contributed by atoms with Crippen molar-refractivity contribution in [3.8, 4) is 11.5 Å². The molecule has 3 aromatic rings. The lowest BCUT2D eigenvalue weighted by atomic mass is 10.1. The molecule has 0 bridgehead atoms. The quantitative estimate of drug-likeness (QED) is 0.545. The summed E-state index contributed by atoms with van der Waals surface area (Å²) in [5, 5.41) is 22.2. The van der Waals surface area contributed by atoms with Crippen molar-refractivity contribution < 1.29 is 14.8 Å². The van der Waals surface area contributed by atoms with Crippen LogP contribution in [-0.4, -0.2) is 22.1 Å². The van der Waals surface area contributed by atoms with E-state index in [0.29, 0.717) is 16.3 Å². The number of pyridine rings is 1. The minimum atomic E-state index is -0.683. The molecule has 25 heavy (non-hydrogen) atoms. The molecule has 126 valence electrons. The molecule has 0 saturated carbocycles. The second-order valence-corrected chi connectivity index (χ2v) is 5.64. The number of para-hydroxylation sites is 1. The fourth-order valence-corrected chi connectivity index (χ4v) is 2.64. The Morgan fingerprint density at radius 1 is 1.28 bits per heavy atom. The molecule has 6 nitrogen and oxygen atoms in total. The predicted octanol–water partition coefficient (Wildman–Crippen LogP) is 4.59. The maximum Gasteiger partial charge on any atom is 0.315 e. The van der Waals surface area contributed by atoms with Crippen LogP contribution in [0.1, 0.15) is 11.3 Å². The zero-order valence-electron chi connectivity index (χ0n) is 13.1. The van der Waals surface area contributed by atoms with Gasteiger partial charge in [-0.3, -0.25) is 10.1 Å². The van der Waals surface area contributed by atoms with E-state index in [1.54, 1.807) is 6.07 Å². The Morgan fingerprint density at radius 3 is 2.76 bits per heavy atom. The highest BCUT2D eigenvalue weighted by Crippen LogP contribution is 2.38. The first-order valence-corrected chi connectivity index (χ1v) is 7.66. The molecule has 0 fully saturated rings. The molecular weight excluding hydrogens is 344 g/mol. The maximum atomic E-state index is 11.1. The van der Waals surface area contributed by atoms with E-state index in [9.17, 15) is 15.2 Å². The minimum absolute atomic E-state index is 0.00335. The van der Waals surface area contributed by atoms with Gasteiger partial charge in [-0.05, 0) is 29.8 Å². The third-order valence-electron chi connectivity index (χ3n) is 3.63. The molecule has 0 aliphatic rings.